The van der Waals surface area contributed by atoms with E-state index in [9.17, 15) is 4.79 Å². The van der Waals surface area contributed by atoms with Crippen molar-refractivity contribution in [3.8, 4) is 0 Å². The van der Waals surface area contributed by atoms with E-state index in [0.717, 1.165) is 19.5 Å². The highest BCUT2D eigenvalue weighted by molar-refractivity contribution is 7.11. The van der Waals surface area contributed by atoms with Crippen molar-refractivity contribution in [2.45, 2.75) is 26.3 Å². The number of carboxylic acid groups (broad SMARTS) is 1. The third kappa shape index (κ3) is 4.95. The topological polar surface area (TPSA) is 40.5 Å². The second kappa shape index (κ2) is 5.88. The van der Waals surface area contributed by atoms with Crippen molar-refractivity contribution in [3.63, 3.8) is 0 Å². The predicted molar refractivity (Wildman–Crippen MR) is 62.3 cm³/mol. The molecule has 84 valence electrons. The minimum absolute atomic E-state index is 0.258. The van der Waals surface area contributed by atoms with E-state index in [1.165, 1.54) is 9.75 Å². The molecule has 0 saturated carbocycles. The van der Waals surface area contributed by atoms with Crippen molar-refractivity contribution >= 4 is 17.3 Å². The van der Waals surface area contributed by atoms with Gasteiger partial charge in [-0.3, -0.25) is 4.79 Å². The highest BCUT2D eigenvalue weighted by Gasteiger charge is 2.03. The Kier molecular flexibility index (Phi) is 4.78. The van der Waals surface area contributed by atoms with Crippen LogP contribution in [0.15, 0.2) is 12.1 Å². The number of aryl methyl sites for hydroxylation is 1. The molecule has 0 spiro atoms. The van der Waals surface area contributed by atoms with Crippen LogP contribution in [-0.2, 0) is 11.3 Å². The quantitative estimate of drug-likeness (QED) is 0.811. The molecule has 1 aromatic rings. The second-order valence-electron chi connectivity index (χ2n) is 3.75. The van der Waals surface area contributed by atoms with Crippen molar-refractivity contribution < 1.29 is 9.90 Å². The van der Waals surface area contributed by atoms with Crippen LogP contribution in [0.5, 0.6) is 0 Å². The lowest BCUT2D eigenvalue weighted by molar-refractivity contribution is -0.137. The number of hydrogen-bond donors (Lipinski definition) is 1. The lowest BCUT2D eigenvalue weighted by Gasteiger charge is -2.14. The van der Waals surface area contributed by atoms with E-state index in [4.69, 9.17) is 5.11 Å². The van der Waals surface area contributed by atoms with Gasteiger partial charge in [-0.15, -0.1) is 11.3 Å². The van der Waals surface area contributed by atoms with Gasteiger partial charge in [0.2, 0.25) is 0 Å². The van der Waals surface area contributed by atoms with Gasteiger partial charge in [0.1, 0.15) is 0 Å². The zero-order valence-electron chi connectivity index (χ0n) is 9.19. The minimum atomic E-state index is -0.713. The van der Waals surface area contributed by atoms with Gasteiger partial charge in [-0.05, 0) is 39.1 Å². The lowest BCUT2D eigenvalue weighted by Crippen LogP contribution is -2.19. The minimum Gasteiger partial charge on any atom is -0.481 e. The van der Waals surface area contributed by atoms with Crippen molar-refractivity contribution in [1.29, 1.82) is 0 Å². The molecule has 0 bridgehead atoms. The van der Waals surface area contributed by atoms with E-state index in [0.29, 0.717) is 0 Å². The molecule has 1 aromatic heterocycles. The average molecular weight is 227 g/mol. The first-order valence-corrected chi connectivity index (χ1v) is 5.85. The number of hydrogen-bond acceptors (Lipinski definition) is 3. The number of carboxylic acids is 1. The molecule has 0 unspecified atom stereocenters. The molecular weight excluding hydrogens is 210 g/mol. The largest absolute Gasteiger partial charge is 0.481 e. The molecule has 1 heterocycles. The summed E-state index contributed by atoms with van der Waals surface area (Å²) in [4.78, 5) is 15.1. The SMILES string of the molecule is Cc1ccc(CN(C)CCCC(=O)O)s1. The van der Waals surface area contributed by atoms with Crippen LogP contribution in [0.2, 0.25) is 0 Å². The van der Waals surface area contributed by atoms with Crippen LogP contribution in [-0.4, -0.2) is 29.6 Å². The monoisotopic (exact) mass is 227 g/mol. The summed E-state index contributed by atoms with van der Waals surface area (Å²) in [5.41, 5.74) is 0. The molecule has 0 radical (unpaired) electrons. The molecule has 0 aliphatic rings. The summed E-state index contributed by atoms with van der Waals surface area (Å²) in [5, 5.41) is 8.50. The first-order valence-electron chi connectivity index (χ1n) is 5.03. The highest BCUT2D eigenvalue weighted by Crippen LogP contribution is 2.16. The number of aliphatic carboxylic acids is 1. The summed E-state index contributed by atoms with van der Waals surface area (Å²) >= 11 is 1.80. The van der Waals surface area contributed by atoms with Crippen molar-refractivity contribution in [1.82, 2.24) is 4.90 Å². The summed E-state index contributed by atoms with van der Waals surface area (Å²) in [7, 11) is 2.02. The second-order valence-corrected chi connectivity index (χ2v) is 5.12. The fourth-order valence-electron chi connectivity index (χ4n) is 1.42. The molecule has 15 heavy (non-hydrogen) atoms. The molecule has 0 saturated heterocycles. The van der Waals surface area contributed by atoms with E-state index in [2.05, 4.69) is 24.0 Å². The zero-order valence-corrected chi connectivity index (χ0v) is 10.0. The summed E-state index contributed by atoms with van der Waals surface area (Å²) in [6, 6.07) is 4.25. The molecule has 0 aliphatic carbocycles. The zero-order chi connectivity index (χ0) is 11.3. The molecule has 4 heteroatoms. The van der Waals surface area contributed by atoms with Crippen LogP contribution in [0, 0.1) is 6.92 Å². The third-order valence-corrected chi connectivity index (χ3v) is 3.14. The van der Waals surface area contributed by atoms with Gasteiger partial charge in [0.05, 0.1) is 0 Å². The maximum atomic E-state index is 10.3. The van der Waals surface area contributed by atoms with E-state index >= 15 is 0 Å². The molecule has 0 amide bonds. The molecular formula is C11H17NO2S. The summed E-state index contributed by atoms with van der Waals surface area (Å²) in [6.07, 6.45) is 0.976. The van der Waals surface area contributed by atoms with Gasteiger partial charge >= 0.3 is 5.97 Å². The average Bonchev–Trinajstić information content (AvgIpc) is 2.50. The lowest BCUT2D eigenvalue weighted by atomic mass is 10.3. The van der Waals surface area contributed by atoms with E-state index < -0.39 is 5.97 Å². The number of carbonyl (C=O) groups is 1. The van der Waals surface area contributed by atoms with Crippen LogP contribution >= 0.6 is 11.3 Å². The maximum absolute atomic E-state index is 10.3. The van der Waals surface area contributed by atoms with Crippen molar-refractivity contribution in [2.24, 2.45) is 0 Å². The van der Waals surface area contributed by atoms with Gasteiger partial charge in [0.15, 0.2) is 0 Å². The Morgan fingerprint density at radius 3 is 2.80 bits per heavy atom. The smallest absolute Gasteiger partial charge is 0.303 e. The van der Waals surface area contributed by atoms with Gasteiger partial charge in [0.25, 0.3) is 0 Å². The fraction of sp³-hybridized carbons (Fsp3) is 0.545. The van der Waals surface area contributed by atoms with Gasteiger partial charge in [-0.2, -0.15) is 0 Å². The Bertz CT molecular complexity index is 322. The summed E-state index contributed by atoms with van der Waals surface area (Å²) in [6.45, 7) is 3.85. The maximum Gasteiger partial charge on any atom is 0.303 e. The Labute approximate surface area is 94.3 Å². The predicted octanol–water partition coefficient (Wildman–Crippen LogP) is 2.35. The van der Waals surface area contributed by atoms with E-state index in [1.807, 2.05) is 7.05 Å². The molecule has 3 nitrogen and oxygen atoms in total. The Hall–Kier alpha value is -0.870. The molecule has 0 atom stereocenters. The van der Waals surface area contributed by atoms with Crippen molar-refractivity contribution in [3.05, 3.63) is 21.9 Å². The first kappa shape index (κ1) is 12.2. The molecule has 1 N–H and O–H groups in total. The number of nitrogens with zero attached hydrogens (tertiary/aromatic N) is 1. The van der Waals surface area contributed by atoms with Gasteiger partial charge in [-0.1, -0.05) is 0 Å². The van der Waals surface area contributed by atoms with Crippen LogP contribution in [0.3, 0.4) is 0 Å². The van der Waals surface area contributed by atoms with Crippen LogP contribution in [0.4, 0.5) is 0 Å². The Balaban J connectivity index is 2.24. The van der Waals surface area contributed by atoms with Gasteiger partial charge in [0, 0.05) is 22.7 Å². The first-order chi connectivity index (χ1) is 7.08. The standard InChI is InChI=1S/C11H17NO2S/c1-9-5-6-10(15-9)8-12(2)7-3-4-11(13)14/h5-6H,3-4,7-8H2,1-2H3,(H,13,14). The Morgan fingerprint density at radius 2 is 2.27 bits per heavy atom. The van der Waals surface area contributed by atoms with Crippen molar-refractivity contribution in [2.75, 3.05) is 13.6 Å². The van der Waals surface area contributed by atoms with Crippen LogP contribution < -0.4 is 0 Å². The van der Waals surface area contributed by atoms with E-state index in [-0.39, 0.29) is 6.42 Å². The Morgan fingerprint density at radius 1 is 1.53 bits per heavy atom. The van der Waals surface area contributed by atoms with E-state index in [1.54, 1.807) is 11.3 Å². The molecule has 0 aliphatic heterocycles. The van der Waals surface area contributed by atoms with Crippen LogP contribution in [0.1, 0.15) is 22.6 Å². The molecule has 0 aromatic carbocycles. The normalized spacial score (nSPS) is 10.9. The molecule has 1 rings (SSSR count). The fourth-order valence-corrected chi connectivity index (χ4v) is 2.39. The molecule has 0 fully saturated rings. The number of thiophene rings is 1. The highest BCUT2D eigenvalue weighted by atomic mass is 32.1. The van der Waals surface area contributed by atoms with Gasteiger partial charge < -0.3 is 10.0 Å². The summed E-state index contributed by atoms with van der Waals surface area (Å²) < 4.78 is 0. The number of rotatable bonds is 6. The van der Waals surface area contributed by atoms with Gasteiger partial charge in [-0.25, -0.2) is 0 Å². The summed E-state index contributed by atoms with van der Waals surface area (Å²) in [5.74, 6) is -0.713. The third-order valence-electron chi connectivity index (χ3n) is 2.15. The van der Waals surface area contributed by atoms with Crippen LogP contribution in [0.25, 0.3) is 0 Å².